The van der Waals surface area contributed by atoms with Crippen molar-refractivity contribution in [2.75, 3.05) is 6.26 Å². The summed E-state index contributed by atoms with van der Waals surface area (Å²) in [6.07, 6.45) is 4.05. The van der Waals surface area contributed by atoms with E-state index in [0.717, 1.165) is 6.26 Å². The lowest BCUT2D eigenvalue weighted by atomic mass is 9.92. The molecule has 178 valence electrons. The van der Waals surface area contributed by atoms with Crippen molar-refractivity contribution >= 4 is 21.7 Å². The molecular weight excluding hydrogens is 445 g/mol. The standard InChI is InChI=1S/C25H30FNO5S/c1-16(2)14-24(28)32-20-9-7-19(8-10-20)27-25(29)22-13-6-18(15-23(22)26)17-4-11-21(12-5-17)33(3,30)31/h4-6,11-13,15-16,19-20H,7-10,14H2,1-3H3,(H,27,29). The number of amides is 1. The lowest BCUT2D eigenvalue weighted by Crippen LogP contribution is -2.39. The smallest absolute Gasteiger partial charge is 0.306 e. The van der Waals surface area contributed by atoms with Crippen LogP contribution in [-0.4, -0.2) is 38.7 Å². The maximum Gasteiger partial charge on any atom is 0.306 e. The zero-order chi connectivity index (χ0) is 24.2. The molecule has 1 fully saturated rings. The van der Waals surface area contributed by atoms with Gasteiger partial charge >= 0.3 is 5.97 Å². The predicted octanol–water partition coefficient (Wildman–Crippen LogP) is 4.53. The van der Waals surface area contributed by atoms with E-state index in [1.807, 2.05) is 13.8 Å². The fourth-order valence-corrected chi connectivity index (χ4v) is 4.56. The minimum absolute atomic E-state index is 0.0445. The maximum absolute atomic E-state index is 14.7. The van der Waals surface area contributed by atoms with Crippen LogP contribution in [0.15, 0.2) is 47.4 Å². The number of carbonyl (C=O) groups is 2. The van der Waals surface area contributed by atoms with Crippen molar-refractivity contribution in [1.29, 1.82) is 0 Å². The van der Waals surface area contributed by atoms with Crippen molar-refractivity contribution in [3.8, 4) is 11.1 Å². The quantitative estimate of drug-likeness (QED) is 0.595. The molecule has 2 aromatic carbocycles. The fourth-order valence-electron chi connectivity index (χ4n) is 3.93. The molecule has 0 radical (unpaired) electrons. The molecule has 0 spiro atoms. The van der Waals surface area contributed by atoms with Crippen LogP contribution in [0.5, 0.6) is 0 Å². The van der Waals surface area contributed by atoms with E-state index >= 15 is 0 Å². The Morgan fingerprint density at radius 1 is 1.03 bits per heavy atom. The van der Waals surface area contributed by atoms with Crippen LogP contribution in [0, 0.1) is 11.7 Å². The van der Waals surface area contributed by atoms with E-state index in [4.69, 9.17) is 4.74 Å². The molecule has 0 aromatic heterocycles. The van der Waals surface area contributed by atoms with Crippen LogP contribution in [0.2, 0.25) is 0 Å². The van der Waals surface area contributed by atoms with Gasteiger partial charge in [0.1, 0.15) is 11.9 Å². The van der Waals surface area contributed by atoms with Gasteiger partial charge in [0.15, 0.2) is 9.84 Å². The van der Waals surface area contributed by atoms with Gasteiger partial charge in [-0.15, -0.1) is 0 Å². The van der Waals surface area contributed by atoms with E-state index in [9.17, 15) is 22.4 Å². The molecule has 1 saturated carbocycles. The largest absolute Gasteiger partial charge is 0.462 e. The van der Waals surface area contributed by atoms with Crippen molar-refractivity contribution in [1.82, 2.24) is 5.32 Å². The molecule has 1 amide bonds. The van der Waals surface area contributed by atoms with Gasteiger partial charge < -0.3 is 10.1 Å². The van der Waals surface area contributed by atoms with Crippen molar-refractivity contribution in [2.45, 2.75) is 63.0 Å². The minimum Gasteiger partial charge on any atom is -0.462 e. The van der Waals surface area contributed by atoms with Gasteiger partial charge in [-0.3, -0.25) is 9.59 Å². The molecule has 0 atom stereocenters. The number of esters is 1. The Labute approximate surface area is 194 Å². The van der Waals surface area contributed by atoms with E-state index in [1.54, 1.807) is 18.2 Å². The summed E-state index contributed by atoms with van der Waals surface area (Å²) in [7, 11) is -3.31. The molecule has 0 bridgehead atoms. The van der Waals surface area contributed by atoms with Crippen LogP contribution in [0.4, 0.5) is 4.39 Å². The first-order valence-corrected chi connectivity index (χ1v) is 13.0. The highest BCUT2D eigenvalue weighted by Crippen LogP contribution is 2.25. The van der Waals surface area contributed by atoms with E-state index in [2.05, 4.69) is 5.32 Å². The number of hydrogen-bond acceptors (Lipinski definition) is 5. The fraction of sp³-hybridized carbons (Fsp3) is 0.440. The van der Waals surface area contributed by atoms with Gasteiger partial charge in [-0.05, 0) is 67.0 Å². The van der Waals surface area contributed by atoms with Crippen LogP contribution in [0.1, 0.15) is 56.3 Å². The number of ether oxygens (including phenoxy) is 1. The van der Waals surface area contributed by atoms with Crippen LogP contribution in [-0.2, 0) is 19.4 Å². The van der Waals surface area contributed by atoms with Crippen LogP contribution in [0.25, 0.3) is 11.1 Å². The van der Waals surface area contributed by atoms with E-state index in [-0.39, 0.29) is 34.5 Å². The van der Waals surface area contributed by atoms with E-state index in [0.29, 0.717) is 43.2 Å². The Morgan fingerprint density at radius 2 is 1.64 bits per heavy atom. The Morgan fingerprint density at radius 3 is 2.18 bits per heavy atom. The number of rotatable bonds is 7. The molecule has 0 aliphatic heterocycles. The van der Waals surface area contributed by atoms with Crippen molar-refractivity contribution < 1.29 is 27.1 Å². The second-order valence-corrected chi connectivity index (χ2v) is 11.0. The molecule has 8 heteroatoms. The second-order valence-electron chi connectivity index (χ2n) is 9.03. The van der Waals surface area contributed by atoms with Crippen molar-refractivity contribution in [3.05, 3.63) is 53.8 Å². The average molecular weight is 476 g/mol. The molecule has 3 rings (SSSR count). The molecule has 6 nitrogen and oxygen atoms in total. The summed E-state index contributed by atoms with van der Waals surface area (Å²) in [6.45, 7) is 3.93. The number of benzene rings is 2. The summed E-state index contributed by atoms with van der Waals surface area (Å²) in [5.74, 6) is -1.06. The maximum atomic E-state index is 14.7. The summed E-state index contributed by atoms with van der Waals surface area (Å²) < 4.78 is 43.4. The third-order valence-corrected chi connectivity index (χ3v) is 6.84. The number of hydrogen-bond donors (Lipinski definition) is 1. The zero-order valence-electron chi connectivity index (χ0n) is 19.1. The van der Waals surface area contributed by atoms with Crippen molar-refractivity contribution in [2.24, 2.45) is 5.92 Å². The molecule has 0 unspecified atom stereocenters. The SMILES string of the molecule is CC(C)CC(=O)OC1CCC(NC(=O)c2ccc(-c3ccc(S(C)(=O)=O)cc3)cc2F)CC1. The summed E-state index contributed by atoms with van der Waals surface area (Å²) in [5.41, 5.74) is 1.16. The normalized spacial score (nSPS) is 18.7. The van der Waals surface area contributed by atoms with Crippen LogP contribution < -0.4 is 5.32 Å². The zero-order valence-corrected chi connectivity index (χ0v) is 20.0. The highest BCUT2D eigenvalue weighted by Gasteiger charge is 2.26. The lowest BCUT2D eigenvalue weighted by Gasteiger charge is -2.29. The summed E-state index contributed by atoms with van der Waals surface area (Å²) >= 11 is 0. The number of carbonyl (C=O) groups excluding carboxylic acids is 2. The predicted molar refractivity (Wildman–Crippen MR) is 124 cm³/mol. The summed E-state index contributed by atoms with van der Waals surface area (Å²) in [5, 5.41) is 2.88. The highest BCUT2D eigenvalue weighted by atomic mass is 32.2. The van der Waals surface area contributed by atoms with E-state index in [1.165, 1.54) is 24.3 Å². The van der Waals surface area contributed by atoms with E-state index < -0.39 is 21.6 Å². The monoisotopic (exact) mass is 475 g/mol. The average Bonchev–Trinajstić information content (AvgIpc) is 2.74. The first kappa shape index (κ1) is 24.9. The molecule has 1 aliphatic carbocycles. The Kier molecular flexibility index (Phi) is 7.89. The highest BCUT2D eigenvalue weighted by molar-refractivity contribution is 7.90. The van der Waals surface area contributed by atoms with Gasteiger partial charge in [0.05, 0.1) is 10.5 Å². The number of nitrogens with one attached hydrogen (secondary N) is 1. The summed E-state index contributed by atoms with van der Waals surface area (Å²) in [4.78, 5) is 24.6. The topological polar surface area (TPSA) is 89.5 Å². The molecule has 33 heavy (non-hydrogen) atoms. The molecule has 1 N–H and O–H groups in total. The van der Waals surface area contributed by atoms with Crippen LogP contribution >= 0.6 is 0 Å². The molecule has 1 aliphatic rings. The third-order valence-electron chi connectivity index (χ3n) is 5.71. The Bertz CT molecular complexity index is 1100. The second kappa shape index (κ2) is 10.5. The molecular formula is C25H30FNO5S. The Balaban J connectivity index is 1.57. The minimum atomic E-state index is -3.31. The van der Waals surface area contributed by atoms with Gasteiger partial charge in [-0.25, -0.2) is 12.8 Å². The lowest BCUT2D eigenvalue weighted by molar-refractivity contribution is -0.151. The van der Waals surface area contributed by atoms with Gasteiger partial charge in [0.25, 0.3) is 5.91 Å². The third kappa shape index (κ3) is 6.87. The van der Waals surface area contributed by atoms with Crippen LogP contribution in [0.3, 0.4) is 0 Å². The number of halogens is 1. The first-order valence-electron chi connectivity index (χ1n) is 11.1. The molecule has 2 aromatic rings. The van der Waals surface area contributed by atoms with Gasteiger partial charge in [0.2, 0.25) is 0 Å². The first-order chi connectivity index (χ1) is 15.5. The van der Waals surface area contributed by atoms with Gasteiger partial charge in [-0.1, -0.05) is 32.0 Å². The molecule has 0 heterocycles. The van der Waals surface area contributed by atoms with Gasteiger partial charge in [0, 0.05) is 18.7 Å². The van der Waals surface area contributed by atoms with Crippen molar-refractivity contribution in [3.63, 3.8) is 0 Å². The molecule has 0 saturated heterocycles. The summed E-state index contributed by atoms with van der Waals surface area (Å²) in [6, 6.07) is 10.4. The number of sulfone groups is 1. The van der Waals surface area contributed by atoms with Gasteiger partial charge in [-0.2, -0.15) is 0 Å². The Hall–Kier alpha value is -2.74.